The van der Waals surface area contributed by atoms with Crippen molar-refractivity contribution in [3.05, 3.63) is 59.0 Å². The third kappa shape index (κ3) is 4.20. The smallest absolute Gasteiger partial charge is 0.253 e. The number of thiazole rings is 1. The molecule has 4 heterocycles. The Morgan fingerprint density at radius 3 is 2.73 bits per heavy atom. The summed E-state index contributed by atoms with van der Waals surface area (Å²) < 4.78 is 2.75. The molecule has 1 aromatic carbocycles. The number of carbonyl (C=O) groups is 1. The second-order valence-corrected chi connectivity index (χ2v) is 9.34. The molecule has 0 saturated carbocycles. The summed E-state index contributed by atoms with van der Waals surface area (Å²) in [7, 11) is 0. The Morgan fingerprint density at radius 1 is 1.18 bits per heavy atom. The highest BCUT2D eigenvalue weighted by Gasteiger charge is 2.33. The zero-order chi connectivity index (χ0) is 22.9. The molecule has 3 aromatic heterocycles. The van der Waals surface area contributed by atoms with Crippen molar-refractivity contribution in [2.75, 3.05) is 11.4 Å². The first-order valence-corrected chi connectivity index (χ1v) is 12.1. The summed E-state index contributed by atoms with van der Waals surface area (Å²) in [4.78, 5) is 29.5. The number of aromatic nitrogens is 5. The second kappa shape index (κ2) is 8.90. The van der Waals surface area contributed by atoms with Crippen molar-refractivity contribution in [3.8, 4) is 5.95 Å². The quantitative estimate of drug-likeness (QED) is 0.471. The summed E-state index contributed by atoms with van der Waals surface area (Å²) in [6.45, 7) is 7.38. The van der Waals surface area contributed by atoms with Gasteiger partial charge in [0.25, 0.3) is 5.95 Å². The van der Waals surface area contributed by atoms with Gasteiger partial charge in [-0.3, -0.25) is 4.79 Å². The van der Waals surface area contributed by atoms with Crippen LogP contribution in [0.15, 0.2) is 36.4 Å². The van der Waals surface area contributed by atoms with Crippen molar-refractivity contribution in [1.29, 1.82) is 0 Å². The average Bonchev–Trinajstić information content (AvgIpc) is 3.55. The van der Waals surface area contributed by atoms with E-state index in [0.29, 0.717) is 18.1 Å². The zero-order valence-electron chi connectivity index (χ0n) is 19.1. The molecule has 1 saturated heterocycles. The third-order valence-corrected chi connectivity index (χ3v) is 7.08. The fourth-order valence-electron chi connectivity index (χ4n) is 4.32. The fraction of sp³-hybridized carbons (Fsp3) is 0.375. The van der Waals surface area contributed by atoms with Crippen LogP contribution < -0.4 is 10.2 Å². The minimum absolute atomic E-state index is 0.0424. The summed E-state index contributed by atoms with van der Waals surface area (Å²) in [5.74, 6) is 0.584. The van der Waals surface area contributed by atoms with E-state index in [1.54, 1.807) is 16.0 Å². The largest absolute Gasteiger partial charge is 0.350 e. The lowest BCUT2D eigenvalue weighted by Crippen LogP contribution is -2.43. The first-order valence-electron chi connectivity index (χ1n) is 11.3. The molecule has 1 amide bonds. The lowest BCUT2D eigenvalue weighted by atomic mass is 10.2. The van der Waals surface area contributed by atoms with Gasteiger partial charge >= 0.3 is 0 Å². The van der Waals surface area contributed by atoms with Gasteiger partial charge in [0.05, 0.1) is 16.1 Å². The van der Waals surface area contributed by atoms with E-state index in [4.69, 9.17) is 15.0 Å². The first-order chi connectivity index (χ1) is 16.0. The van der Waals surface area contributed by atoms with Gasteiger partial charge in [0.2, 0.25) is 5.91 Å². The number of anilines is 1. The molecule has 0 aliphatic carbocycles. The summed E-state index contributed by atoms with van der Waals surface area (Å²) >= 11 is 1.57. The maximum absolute atomic E-state index is 13.0. The van der Waals surface area contributed by atoms with Crippen molar-refractivity contribution in [3.63, 3.8) is 0 Å². The van der Waals surface area contributed by atoms with E-state index < -0.39 is 0 Å². The molecule has 1 atom stereocenters. The lowest BCUT2D eigenvalue weighted by Gasteiger charge is -2.23. The van der Waals surface area contributed by atoms with Gasteiger partial charge in [-0.1, -0.05) is 48.6 Å². The molecule has 8 nitrogen and oxygen atoms in total. The molecule has 33 heavy (non-hydrogen) atoms. The molecule has 1 fully saturated rings. The molecule has 0 bridgehead atoms. The van der Waals surface area contributed by atoms with Crippen LogP contribution in [0.5, 0.6) is 0 Å². The Balaban J connectivity index is 1.42. The van der Waals surface area contributed by atoms with Crippen LogP contribution in [0.2, 0.25) is 0 Å². The van der Waals surface area contributed by atoms with Gasteiger partial charge < -0.3 is 10.2 Å². The van der Waals surface area contributed by atoms with Crippen LogP contribution in [-0.2, 0) is 17.8 Å². The molecule has 5 rings (SSSR count). The van der Waals surface area contributed by atoms with E-state index in [0.717, 1.165) is 58.3 Å². The van der Waals surface area contributed by atoms with Gasteiger partial charge in [-0.2, -0.15) is 15.1 Å². The zero-order valence-corrected chi connectivity index (χ0v) is 19.9. The normalized spacial score (nSPS) is 16.0. The predicted octanol–water partition coefficient (Wildman–Crippen LogP) is 3.74. The predicted molar refractivity (Wildman–Crippen MR) is 130 cm³/mol. The lowest BCUT2D eigenvalue weighted by molar-refractivity contribution is -0.122. The van der Waals surface area contributed by atoms with Crippen molar-refractivity contribution < 1.29 is 4.79 Å². The number of hydrogen-bond donors (Lipinski definition) is 1. The number of rotatable bonds is 6. The van der Waals surface area contributed by atoms with Crippen LogP contribution in [0.1, 0.15) is 42.4 Å². The Kier molecular flexibility index (Phi) is 5.80. The summed E-state index contributed by atoms with van der Waals surface area (Å²) in [5, 5.41) is 8.45. The van der Waals surface area contributed by atoms with Gasteiger partial charge in [-0.05, 0) is 44.7 Å². The Morgan fingerprint density at radius 2 is 2.00 bits per heavy atom. The van der Waals surface area contributed by atoms with E-state index >= 15 is 0 Å². The standard InChI is InChI=1S/C24H27N7OS/c1-4-18-20-21(27-23(26-18)31-16(3)13-15(2)29-31)28-24(33-20)30-12-8-11-19(30)22(32)25-14-17-9-6-5-7-10-17/h5-7,9-10,13,19H,4,8,11-12,14H2,1-3H3,(H,25,32). The van der Waals surface area contributed by atoms with E-state index in [-0.39, 0.29) is 11.9 Å². The van der Waals surface area contributed by atoms with E-state index in [9.17, 15) is 4.79 Å². The molecule has 1 aliphatic heterocycles. The minimum Gasteiger partial charge on any atom is -0.350 e. The highest BCUT2D eigenvalue weighted by atomic mass is 32.1. The summed E-state index contributed by atoms with van der Waals surface area (Å²) in [6, 6.07) is 11.8. The number of benzene rings is 1. The van der Waals surface area contributed by atoms with Gasteiger partial charge in [0, 0.05) is 18.8 Å². The van der Waals surface area contributed by atoms with E-state index in [1.807, 2.05) is 50.2 Å². The minimum atomic E-state index is -0.220. The molecule has 0 spiro atoms. The van der Waals surface area contributed by atoms with Gasteiger partial charge in [0.15, 0.2) is 10.8 Å². The first kappa shape index (κ1) is 21.5. The average molecular weight is 462 g/mol. The number of carbonyl (C=O) groups excluding carboxylic acids is 1. The Labute approximate surface area is 196 Å². The van der Waals surface area contributed by atoms with Crippen LogP contribution in [0.3, 0.4) is 0 Å². The van der Waals surface area contributed by atoms with Gasteiger partial charge in [-0.25, -0.2) is 9.67 Å². The van der Waals surface area contributed by atoms with Crippen molar-refractivity contribution in [2.24, 2.45) is 0 Å². The maximum atomic E-state index is 13.0. The third-order valence-electron chi connectivity index (χ3n) is 5.95. The molecule has 1 unspecified atom stereocenters. The Hall–Kier alpha value is -3.33. The molecular formula is C24H27N7OS. The fourth-order valence-corrected chi connectivity index (χ4v) is 5.46. The topological polar surface area (TPSA) is 88.8 Å². The SMILES string of the molecule is CCc1nc(-n2nc(C)cc2C)nc2nc(N3CCCC3C(=O)NCc3ccccc3)sc12. The molecule has 1 aliphatic rings. The van der Waals surface area contributed by atoms with E-state index in [2.05, 4.69) is 22.2 Å². The molecule has 4 aromatic rings. The van der Waals surface area contributed by atoms with Crippen LogP contribution in [0, 0.1) is 13.8 Å². The number of hydrogen-bond acceptors (Lipinski definition) is 7. The number of nitrogens with one attached hydrogen (secondary N) is 1. The Bertz CT molecular complexity index is 1300. The second-order valence-electron chi connectivity index (χ2n) is 8.37. The molecule has 1 N–H and O–H groups in total. The monoisotopic (exact) mass is 461 g/mol. The molecule has 170 valence electrons. The van der Waals surface area contributed by atoms with Crippen molar-refractivity contribution in [2.45, 2.75) is 52.6 Å². The molecule has 9 heteroatoms. The number of fused-ring (bicyclic) bond motifs is 1. The maximum Gasteiger partial charge on any atom is 0.253 e. The molecular weight excluding hydrogens is 434 g/mol. The van der Waals surface area contributed by atoms with Crippen LogP contribution in [-0.4, -0.2) is 43.2 Å². The highest BCUT2D eigenvalue weighted by Crippen LogP contribution is 2.34. The molecule has 0 radical (unpaired) electrons. The number of nitrogens with zero attached hydrogens (tertiary/aromatic N) is 6. The number of aryl methyl sites for hydroxylation is 3. The van der Waals surface area contributed by atoms with Crippen molar-refractivity contribution >= 4 is 32.7 Å². The van der Waals surface area contributed by atoms with Crippen molar-refractivity contribution in [1.82, 2.24) is 30.0 Å². The van der Waals surface area contributed by atoms with Gasteiger partial charge in [-0.15, -0.1) is 0 Å². The van der Waals surface area contributed by atoms with Gasteiger partial charge in [0.1, 0.15) is 6.04 Å². The highest BCUT2D eigenvalue weighted by molar-refractivity contribution is 7.22. The van der Waals surface area contributed by atoms with Crippen LogP contribution in [0.25, 0.3) is 16.3 Å². The number of amides is 1. The van der Waals surface area contributed by atoms with E-state index in [1.165, 1.54) is 0 Å². The summed E-state index contributed by atoms with van der Waals surface area (Å²) in [6.07, 6.45) is 2.55. The summed E-state index contributed by atoms with van der Waals surface area (Å²) in [5.41, 5.74) is 4.62. The van der Waals surface area contributed by atoms with Crippen LogP contribution in [0.4, 0.5) is 5.13 Å². The van der Waals surface area contributed by atoms with Crippen LogP contribution >= 0.6 is 11.3 Å².